The van der Waals surface area contributed by atoms with Crippen LogP contribution in [0, 0.1) is 11.3 Å². The number of carbonyl (C=O) groups is 1. The molecule has 0 spiro atoms. The van der Waals surface area contributed by atoms with Gasteiger partial charge in [-0.2, -0.15) is 0 Å². The van der Waals surface area contributed by atoms with Gasteiger partial charge in [-0.25, -0.2) is 0 Å². The van der Waals surface area contributed by atoms with E-state index in [1.807, 2.05) is 0 Å². The Bertz CT molecular complexity index is 167. The van der Waals surface area contributed by atoms with Gasteiger partial charge in [0.2, 0.25) is 0 Å². The maximum absolute atomic E-state index is 10.6. The van der Waals surface area contributed by atoms with Crippen LogP contribution < -0.4 is 0 Å². The Morgan fingerprint density at radius 2 is 1.92 bits per heavy atom. The highest BCUT2D eigenvalue weighted by Gasteiger charge is 2.33. The number of hydrogen-bond donors (Lipinski definition) is 1. The molecule has 1 rings (SSSR count). The van der Waals surface area contributed by atoms with Gasteiger partial charge in [0.1, 0.15) is 0 Å². The third-order valence-corrected chi connectivity index (χ3v) is 3.07. The molecule has 0 aromatic heterocycles. The molecule has 1 fully saturated rings. The van der Waals surface area contributed by atoms with Crippen LogP contribution >= 0.6 is 0 Å². The summed E-state index contributed by atoms with van der Waals surface area (Å²) in [5.41, 5.74) is 0.00231. The van der Waals surface area contributed by atoms with E-state index in [1.54, 1.807) is 0 Å². The van der Waals surface area contributed by atoms with Gasteiger partial charge in [-0.1, -0.05) is 26.7 Å². The van der Waals surface area contributed by atoms with Crippen molar-refractivity contribution >= 4 is 5.97 Å². The largest absolute Gasteiger partial charge is 0.481 e. The lowest BCUT2D eigenvalue weighted by Crippen LogP contribution is -2.25. The standard InChI is InChI=1S/C10H18O2/c1-10(2,7-9(11)12)8-5-3-4-6-8/h8H,3-7H2,1-2H3,(H,11,12). The molecular weight excluding hydrogens is 152 g/mol. The number of aliphatic carboxylic acids is 1. The van der Waals surface area contributed by atoms with Gasteiger partial charge >= 0.3 is 5.97 Å². The summed E-state index contributed by atoms with van der Waals surface area (Å²) in [4.78, 5) is 10.6. The monoisotopic (exact) mass is 170 g/mol. The minimum absolute atomic E-state index is 0.00231. The molecule has 0 unspecified atom stereocenters. The van der Waals surface area contributed by atoms with Crippen molar-refractivity contribution in [3.63, 3.8) is 0 Å². The molecule has 0 amide bonds. The minimum atomic E-state index is -0.660. The van der Waals surface area contributed by atoms with E-state index in [4.69, 9.17) is 5.11 Å². The van der Waals surface area contributed by atoms with E-state index in [-0.39, 0.29) is 5.41 Å². The summed E-state index contributed by atoms with van der Waals surface area (Å²) >= 11 is 0. The Hall–Kier alpha value is -0.530. The first kappa shape index (κ1) is 9.56. The van der Waals surface area contributed by atoms with Crippen LogP contribution in [-0.4, -0.2) is 11.1 Å². The van der Waals surface area contributed by atoms with Gasteiger partial charge in [0, 0.05) is 0 Å². The first-order valence-corrected chi connectivity index (χ1v) is 4.74. The Balaban J connectivity index is 2.50. The maximum Gasteiger partial charge on any atom is 0.303 e. The van der Waals surface area contributed by atoms with Crippen LogP contribution in [0.15, 0.2) is 0 Å². The van der Waals surface area contributed by atoms with Crippen molar-refractivity contribution in [2.75, 3.05) is 0 Å². The summed E-state index contributed by atoms with van der Waals surface area (Å²) in [5.74, 6) is -0.0273. The molecule has 0 bridgehead atoms. The molecule has 2 nitrogen and oxygen atoms in total. The fourth-order valence-corrected chi connectivity index (χ4v) is 2.24. The number of rotatable bonds is 3. The molecule has 1 aliphatic rings. The second kappa shape index (κ2) is 3.46. The first-order valence-electron chi connectivity index (χ1n) is 4.74. The normalized spacial score (nSPS) is 19.8. The van der Waals surface area contributed by atoms with Crippen molar-refractivity contribution in [1.29, 1.82) is 0 Å². The summed E-state index contributed by atoms with van der Waals surface area (Å²) in [5, 5.41) is 8.71. The van der Waals surface area contributed by atoms with E-state index < -0.39 is 5.97 Å². The predicted molar refractivity (Wildman–Crippen MR) is 48.0 cm³/mol. The molecule has 1 N–H and O–H groups in total. The van der Waals surface area contributed by atoms with E-state index >= 15 is 0 Å². The predicted octanol–water partition coefficient (Wildman–Crippen LogP) is 2.68. The second-order valence-corrected chi connectivity index (χ2v) is 4.54. The summed E-state index contributed by atoms with van der Waals surface area (Å²) < 4.78 is 0. The number of carboxylic acid groups (broad SMARTS) is 1. The molecule has 0 radical (unpaired) electrons. The highest BCUT2D eigenvalue weighted by Crippen LogP contribution is 2.41. The van der Waals surface area contributed by atoms with E-state index in [0.29, 0.717) is 12.3 Å². The van der Waals surface area contributed by atoms with Crippen molar-refractivity contribution in [3.8, 4) is 0 Å². The first-order chi connectivity index (χ1) is 5.52. The van der Waals surface area contributed by atoms with E-state index in [0.717, 1.165) is 0 Å². The lowest BCUT2D eigenvalue weighted by molar-refractivity contribution is -0.140. The molecule has 2 heteroatoms. The lowest BCUT2D eigenvalue weighted by Gasteiger charge is -2.29. The molecule has 1 aliphatic carbocycles. The van der Waals surface area contributed by atoms with Gasteiger partial charge in [0.15, 0.2) is 0 Å². The van der Waals surface area contributed by atoms with Gasteiger partial charge in [0.05, 0.1) is 6.42 Å². The summed E-state index contributed by atoms with van der Waals surface area (Å²) in [7, 11) is 0. The second-order valence-electron chi connectivity index (χ2n) is 4.54. The third-order valence-electron chi connectivity index (χ3n) is 3.07. The van der Waals surface area contributed by atoms with Crippen molar-refractivity contribution in [3.05, 3.63) is 0 Å². The fraction of sp³-hybridized carbons (Fsp3) is 0.900. The summed E-state index contributed by atoms with van der Waals surface area (Å²) in [6.45, 7) is 4.16. The lowest BCUT2D eigenvalue weighted by atomic mass is 9.75. The van der Waals surface area contributed by atoms with Crippen LogP contribution in [0.3, 0.4) is 0 Å². The SMILES string of the molecule is CC(C)(CC(=O)O)C1CCCC1. The molecule has 0 heterocycles. The van der Waals surface area contributed by atoms with E-state index in [9.17, 15) is 4.79 Å². The molecule has 1 saturated carbocycles. The van der Waals surface area contributed by atoms with Gasteiger partial charge in [-0.15, -0.1) is 0 Å². The van der Waals surface area contributed by atoms with E-state index in [2.05, 4.69) is 13.8 Å². The average molecular weight is 170 g/mol. The van der Waals surface area contributed by atoms with Gasteiger partial charge in [0.25, 0.3) is 0 Å². The quantitative estimate of drug-likeness (QED) is 0.707. The molecule has 0 aromatic rings. The third kappa shape index (κ3) is 2.23. The fourth-order valence-electron chi connectivity index (χ4n) is 2.24. The molecule has 12 heavy (non-hydrogen) atoms. The van der Waals surface area contributed by atoms with Crippen LogP contribution in [0.5, 0.6) is 0 Å². The molecule has 0 aromatic carbocycles. The molecule has 0 atom stereocenters. The van der Waals surface area contributed by atoms with Crippen molar-refractivity contribution in [1.82, 2.24) is 0 Å². The van der Waals surface area contributed by atoms with Crippen LogP contribution in [-0.2, 0) is 4.79 Å². The van der Waals surface area contributed by atoms with Crippen LogP contribution in [0.4, 0.5) is 0 Å². The van der Waals surface area contributed by atoms with Crippen LogP contribution in [0.1, 0.15) is 46.0 Å². The van der Waals surface area contributed by atoms with E-state index in [1.165, 1.54) is 25.7 Å². The molecule has 0 aliphatic heterocycles. The topological polar surface area (TPSA) is 37.3 Å². The Morgan fingerprint density at radius 1 is 1.42 bits per heavy atom. The van der Waals surface area contributed by atoms with Crippen molar-refractivity contribution in [2.24, 2.45) is 11.3 Å². The highest BCUT2D eigenvalue weighted by molar-refractivity contribution is 5.67. The Kier molecular flexibility index (Phi) is 2.76. The molecular formula is C10H18O2. The zero-order valence-electron chi connectivity index (χ0n) is 7.97. The van der Waals surface area contributed by atoms with Crippen molar-refractivity contribution in [2.45, 2.75) is 46.0 Å². The van der Waals surface area contributed by atoms with Crippen LogP contribution in [0.2, 0.25) is 0 Å². The van der Waals surface area contributed by atoms with Gasteiger partial charge in [-0.05, 0) is 24.2 Å². The van der Waals surface area contributed by atoms with Gasteiger partial charge < -0.3 is 5.11 Å². The highest BCUT2D eigenvalue weighted by atomic mass is 16.4. The van der Waals surface area contributed by atoms with Crippen LogP contribution in [0.25, 0.3) is 0 Å². The minimum Gasteiger partial charge on any atom is -0.481 e. The Morgan fingerprint density at radius 3 is 2.33 bits per heavy atom. The average Bonchev–Trinajstić information content (AvgIpc) is 2.32. The number of carboxylic acids is 1. The zero-order chi connectivity index (χ0) is 9.19. The molecule has 0 saturated heterocycles. The number of hydrogen-bond acceptors (Lipinski definition) is 1. The summed E-state index contributed by atoms with van der Waals surface area (Å²) in [6, 6.07) is 0. The smallest absolute Gasteiger partial charge is 0.303 e. The molecule has 70 valence electrons. The maximum atomic E-state index is 10.6. The van der Waals surface area contributed by atoms with Gasteiger partial charge in [-0.3, -0.25) is 4.79 Å². The zero-order valence-corrected chi connectivity index (χ0v) is 7.97. The Labute approximate surface area is 74.0 Å². The summed E-state index contributed by atoms with van der Waals surface area (Å²) in [6.07, 6.45) is 5.33. The van der Waals surface area contributed by atoms with Crippen molar-refractivity contribution < 1.29 is 9.90 Å².